The largest absolute Gasteiger partial charge is 0.484 e. The first kappa shape index (κ1) is 13.0. The topological polar surface area (TPSA) is 61.3 Å². The number of methoxy groups -OCH3 is 1. The molecule has 0 bridgehead atoms. The number of benzene rings is 1. The number of rotatable bonds is 4. The van der Waals surface area contributed by atoms with Gasteiger partial charge in [0, 0.05) is 12.4 Å². The van der Waals surface area contributed by atoms with E-state index < -0.39 is 5.97 Å². The van der Waals surface area contributed by atoms with E-state index in [2.05, 4.69) is 14.7 Å². The van der Waals surface area contributed by atoms with E-state index in [1.807, 2.05) is 6.92 Å². The first-order valence-electron chi connectivity index (χ1n) is 5.81. The molecule has 5 heteroatoms. The van der Waals surface area contributed by atoms with Crippen LogP contribution in [0.15, 0.2) is 42.9 Å². The second-order valence-electron chi connectivity index (χ2n) is 3.91. The summed E-state index contributed by atoms with van der Waals surface area (Å²) in [6.07, 6.45) is 4.62. The Labute approximate surface area is 111 Å². The van der Waals surface area contributed by atoms with Crippen LogP contribution in [0.5, 0.6) is 5.75 Å². The van der Waals surface area contributed by atoms with Gasteiger partial charge in [0.2, 0.25) is 0 Å². The van der Waals surface area contributed by atoms with Crippen molar-refractivity contribution in [3.63, 3.8) is 0 Å². The van der Waals surface area contributed by atoms with Crippen molar-refractivity contribution in [1.82, 2.24) is 9.97 Å². The molecule has 0 radical (unpaired) electrons. The van der Waals surface area contributed by atoms with Gasteiger partial charge in [0.05, 0.1) is 24.6 Å². The molecule has 1 atom stereocenters. The van der Waals surface area contributed by atoms with Gasteiger partial charge < -0.3 is 9.47 Å². The lowest BCUT2D eigenvalue weighted by Crippen LogP contribution is -2.07. The molecule has 1 aromatic heterocycles. The van der Waals surface area contributed by atoms with Crippen LogP contribution >= 0.6 is 0 Å². The Morgan fingerprint density at radius 3 is 2.84 bits per heavy atom. The normalized spacial score (nSPS) is 11.7. The van der Waals surface area contributed by atoms with Crippen molar-refractivity contribution in [3.05, 3.63) is 54.1 Å². The first-order valence-corrected chi connectivity index (χ1v) is 5.81. The zero-order chi connectivity index (χ0) is 13.7. The number of ether oxygens (including phenoxy) is 2. The molecule has 1 unspecified atom stereocenters. The molecular weight excluding hydrogens is 244 g/mol. The van der Waals surface area contributed by atoms with E-state index in [0.717, 1.165) is 5.69 Å². The minimum Gasteiger partial charge on any atom is -0.484 e. The molecule has 2 rings (SSSR count). The van der Waals surface area contributed by atoms with E-state index in [1.165, 1.54) is 7.11 Å². The molecule has 0 saturated carbocycles. The van der Waals surface area contributed by atoms with Gasteiger partial charge in [-0.1, -0.05) is 6.07 Å². The lowest BCUT2D eigenvalue weighted by Gasteiger charge is -2.14. The molecule has 5 nitrogen and oxygen atoms in total. The molecule has 0 saturated heterocycles. The van der Waals surface area contributed by atoms with Crippen LogP contribution in [0.3, 0.4) is 0 Å². The lowest BCUT2D eigenvalue weighted by molar-refractivity contribution is 0.0600. The van der Waals surface area contributed by atoms with Gasteiger partial charge >= 0.3 is 5.97 Å². The third-order valence-corrected chi connectivity index (χ3v) is 2.57. The number of carbonyl (C=O) groups excluding carboxylic acids is 1. The molecular formula is C14H14N2O3. The highest BCUT2D eigenvalue weighted by molar-refractivity contribution is 5.89. The SMILES string of the molecule is COC(=O)c1cccc(OC(C)c2cnccn2)c1. The summed E-state index contributed by atoms with van der Waals surface area (Å²) in [5.74, 6) is 0.193. The number of hydrogen-bond donors (Lipinski definition) is 0. The Bertz CT molecular complexity index is 558. The first-order chi connectivity index (χ1) is 9.20. The summed E-state index contributed by atoms with van der Waals surface area (Å²) < 4.78 is 10.4. The lowest BCUT2D eigenvalue weighted by atomic mass is 10.2. The third kappa shape index (κ3) is 3.28. The van der Waals surface area contributed by atoms with Crippen LogP contribution in [-0.4, -0.2) is 23.0 Å². The molecule has 0 aliphatic rings. The van der Waals surface area contributed by atoms with Crippen molar-refractivity contribution in [3.8, 4) is 5.75 Å². The van der Waals surface area contributed by atoms with Crippen molar-refractivity contribution in [1.29, 1.82) is 0 Å². The molecule has 2 aromatic rings. The minimum atomic E-state index is -0.391. The predicted octanol–water partition coefficient (Wildman–Crippen LogP) is 2.40. The average molecular weight is 258 g/mol. The number of nitrogens with zero attached hydrogens (tertiary/aromatic N) is 2. The summed E-state index contributed by atoms with van der Waals surface area (Å²) in [6.45, 7) is 1.87. The molecule has 19 heavy (non-hydrogen) atoms. The Morgan fingerprint density at radius 2 is 2.16 bits per heavy atom. The summed E-state index contributed by atoms with van der Waals surface area (Å²) in [7, 11) is 1.35. The molecule has 0 fully saturated rings. The van der Waals surface area contributed by atoms with Crippen molar-refractivity contribution >= 4 is 5.97 Å². The molecule has 1 aromatic carbocycles. The van der Waals surface area contributed by atoms with Crippen LogP contribution in [0.4, 0.5) is 0 Å². The van der Waals surface area contributed by atoms with E-state index in [-0.39, 0.29) is 6.10 Å². The average Bonchev–Trinajstić information content (AvgIpc) is 2.47. The Morgan fingerprint density at radius 1 is 1.32 bits per heavy atom. The summed E-state index contributed by atoms with van der Waals surface area (Å²) in [6, 6.07) is 6.83. The molecule has 0 aliphatic heterocycles. The maximum absolute atomic E-state index is 11.4. The zero-order valence-corrected chi connectivity index (χ0v) is 10.7. The van der Waals surface area contributed by atoms with E-state index in [1.54, 1.807) is 42.9 Å². The standard InChI is InChI=1S/C14H14N2O3/c1-10(13-9-15-6-7-16-13)19-12-5-3-4-11(8-12)14(17)18-2/h3-10H,1-2H3. The van der Waals surface area contributed by atoms with Crippen molar-refractivity contribution < 1.29 is 14.3 Å². The van der Waals surface area contributed by atoms with Crippen LogP contribution in [0, 0.1) is 0 Å². The van der Waals surface area contributed by atoms with Crippen LogP contribution in [0.1, 0.15) is 29.1 Å². The summed E-state index contributed by atoms with van der Waals surface area (Å²) in [4.78, 5) is 19.6. The maximum Gasteiger partial charge on any atom is 0.337 e. The van der Waals surface area contributed by atoms with Gasteiger partial charge in [0.1, 0.15) is 11.9 Å². The van der Waals surface area contributed by atoms with Gasteiger partial charge in [-0.15, -0.1) is 0 Å². The van der Waals surface area contributed by atoms with Gasteiger partial charge in [-0.25, -0.2) is 4.79 Å². The molecule has 0 aliphatic carbocycles. The number of hydrogen-bond acceptors (Lipinski definition) is 5. The van der Waals surface area contributed by atoms with E-state index in [0.29, 0.717) is 11.3 Å². The Kier molecular flexibility index (Phi) is 4.07. The van der Waals surface area contributed by atoms with Crippen LogP contribution < -0.4 is 4.74 Å². The fourth-order valence-electron chi connectivity index (χ4n) is 1.60. The van der Waals surface area contributed by atoms with Gasteiger partial charge in [0.15, 0.2) is 0 Å². The van der Waals surface area contributed by atoms with Crippen LogP contribution in [0.25, 0.3) is 0 Å². The summed E-state index contributed by atoms with van der Waals surface area (Å²) in [5.41, 5.74) is 1.18. The van der Waals surface area contributed by atoms with Gasteiger partial charge in [0.25, 0.3) is 0 Å². The van der Waals surface area contributed by atoms with Crippen molar-refractivity contribution in [2.75, 3.05) is 7.11 Å². The maximum atomic E-state index is 11.4. The highest BCUT2D eigenvalue weighted by Crippen LogP contribution is 2.21. The van der Waals surface area contributed by atoms with Crippen molar-refractivity contribution in [2.24, 2.45) is 0 Å². The van der Waals surface area contributed by atoms with Crippen LogP contribution in [-0.2, 0) is 4.74 Å². The number of aromatic nitrogens is 2. The molecule has 0 amide bonds. The molecule has 98 valence electrons. The van der Waals surface area contributed by atoms with Gasteiger partial charge in [-0.05, 0) is 25.1 Å². The summed E-state index contributed by atoms with van der Waals surface area (Å²) in [5, 5.41) is 0. The van der Waals surface area contributed by atoms with Gasteiger partial charge in [-0.2, -0.15) is 0 Å². The highest BCUT2D eigenvalue weighted by atomic mass is 16.5. The Hall–Kier alpha value is -2.43. The fourth-order valence-corrected chi connectivity index (χ4v) is 1.60. The summed E-state index contributed by atoms with van der Waals surface area (Å²) >= 11 is 0. The second-order valence-corrected chi connectivity index (χ2v) is 3.91. The predicted molar refractivity (Wildman–Crippen MR) is 68.9 cm³/mol. The van der Waals surface area contributed by atoms with E-state index >= 15 is 0 Å². The monoisotopic (exact) mass is 258 g/mol. The number of esters is 1. The van der Waals surface area contributed by atoms with Crippen molar-refractivity contribution in [2.45, 2.75) is 13.0 Å². The number of carbonyl (C=O) groups is 1. The van der Waals surface area contributed by atoms with E-state index in [4.69, 9.17) is 4.74 Å². The quantitative estimate of drug-likeness (QED) is 0.788. The Balaban J connectivity index is 2.13. The zero-order valence-electron chi connectivity index (χ0n) is 10.7. The third-order valence-electron chi connectivity index (χ3n) is 2.57. The molecule has 0 N–H and O–H groups in total. The highest BCUT2D eigenvalue weighted by Gasteiger charge is 2.11. The van der Waals surface area contributed by atoms with Gasteiger partial charge in [-0.3, -0.25) is 9.97 Å². The van der Waals surface area contributed by atoms with Crippen LogP contribution in [0.2, 0.25) is 0 Å². The minimum absolute atomic E-state index is 0.249. The molecule has 1 heterocycles. The second kappa shape index (κ2) is 5.95. The molecule has 0 spiro atoms. The smallest absolute Gasteiger partial charge is 0.337 e. The fraction of sp³-hybridized carbons (Fsp3) is 0.214. The van der Waals surface area contributed by atoms with E-state index in [9.17, 15) is 4.79 Å².